The van der Waals surface area contributed by atoms with Crippen LogP contribution in [0.25, 0.3) is 55.0 Å². The summed E-state index contributed by atoms with van der Waals surface area (Å²) < 4.78 is 20.2. The van der Waals surface area contributed by atoms with Gasteiger partial charge < -0.3 is 18.5 Å². The first-order chi connectivity index (χ1) is 21.5. The molecule has 0 saturated heterocycles. The van der Waals surface area contributed by atoms with E-state index in [1.54, 1.807) is 6.07 Å². The summed E-state index contributed by atoms with van der Waals surface area (Å²) >= 11 is 9.16. The molecule has 1 radical (unpaired) electrons. The Bertz CT molecular complexity index is 2190. The van der Waals surface area contributed by atoms with Crippen LogP contribution in [0.3, 0.4) is 0 Å². The average molecular weight is 817 g/mol. The number of furan rings is 2. The molecule has 0 atom stereocenters. The highest BCUT2D eigenvalue weighted by Crippen LogP contribution is 2.36. The van der Waals surface area contributed by atoms with Gasteiger partial charge in [0.25, 0.3) is 0 Å². The predicted molar refractivity (Wildman–Crippen MR) is 196 cm³/mol. The number of benzene rings is 6. The molecule has 1 N–H and O–H groups in total. The number of halogens is 3. The third-order valence-corrected chi connectivity index (χ3v) is 8.53. The van der Waals surface area contributed by atoms with E-state index in [1.165, 1.54) is 8.96 Å². The van der Waals surface area contributed by atoms with Crippen LogP contribution in [-0.2, 0) is 0 Å². The zero-order valence-electron chi connectivity index (χ0n) is 23.1. The van der Waals surface area contributed by atoms with Gasteiger partial charge in [0, 0.05) is 39.6 Å². The molecule has 0 aliphatic rings. The van der Waals surface area contributed by atoms with Crippen molar-refractivity contribution >= 4 is 106 Å². The molecule has 0 saturated carbocycles. The third-order valence-electron chi connectivity index (χ3n) is 6.87. The number of para-hydroxylation sites is 4. The van der Waals surface area contributed by atoms with Gasteiger partial charge in [0.05, 0.1) is 0 Å². The maximum atomic E-state index is 8.67. The van der Waals surface area contributed by atoms with E-state index in [0.29, 0.717) is 19.0 Å². The molecule has 0 unspecified atom stereocenters. The average Bonchev–Trinajstić information content (AvgIpc) is 3.61. The molecule has 4 nitrogen and oxygen atoms in total. The number of rotatable bonds is 3. The van der Waals surface area contributed by atoms with Crippen LogP contribution in [0.4, 0.5) is 0 Å². The summed E-state index contributed by atoms with van der Waals surface area (Å²) in [5, 5.41) is 13.0. The minimum absolute atomic E-state index is 0.510. The van der Waals surface area contributed by atoms with Gasteiger partial charge in [-0.2, -0.15) is 0 Å². The van der Waals surface area contributed by atoms with Crippen LogP contribution in [-0.4, -0.2) is 12.7 Å². The topological polar surface area (TPSA) is 55.7 Å². The van der Waals surface area contributed by atoms with E-state index in [9.17, 15) is 0 Å². The third kappa shape index (κ3) is 6.73. The molecule has 8 heteroatoms. The lowest BCUT2D eigenvalue weighted by atomic mass is 10.0. The van der Waals surface area contributed by atoms with Crippen LogP contribution >= 0.6 is 54.5 Å². The molecular formula is C36H23BBr2IO4. The van der Waals surface area contributed by atoms with E-state index in [0.717, 1.165) is 53.0 Å². The van der Waals surface area contributed by atoms with E-state index in [1.807, 2.05) is 78.9 Å². The van der Waals surface area contributed by atoms with Crippen LogP contribution in [0.2, 0.25) is 0 Å². The molecule has 6 aromatic carbocycles. The molecule has 215 valence electrons. The second-order valence-electron chi connectivity index (χ2n) is 9.69. The highest BCUT2D eigenvalue weighted by atomic mass is 127. The van der Waals surface area contributed by atoms with Crippen molar-refractivity contribution in [1.82, 2.24) is 0 Å². The SMILES string of the molecule is Brc1cccc(-c2cccc3c2oc2ccccc23)c1.Brc1cccc(I)c1.O[B]Oc1cccc2c1oc1ccccc12. The predicted octanol–water partition coefficient (Wildman–Crippen LogP) is 11.6. The van der Waals surface area contributed by atoms with Crippen LogP contribution in [0, 0.1) is 3.57 Å². The van der Waals surface area contributed by atoms with Gasteiger partial charge in [0.1, 0.15) is 22.5 Å². The Morgan fingerprint density at radius 2 is 1.11 bits per heavy atom. The molecule has 8 aromatic rings. The first-order valence-electron chi connectivity index (χ1n) is 13.6. The first kappa shape index (κ1) is 30.5. The summed E-state index contributed by atoms with van der Waals surface area (Å²) in [5.74, 6) is 0.510. The summed E-state index contributed by atoms with van der Waals surface area (Å²) in [4.78, 5) is 0. The van der Waals surface area contributed by atoms with Gasteiger partial charge in [-0.3, -0.25) is 0 Å². The van der Waals surface area contributed by atoms with Gasteiger partial charge in [-0.1, -0.05) is 117 Å². The van der Waals surface area contributed by atoms with E-state index < -0.39 is 0 Å². The quantitative estimate of drug-likeness (QED) is 0.143. The van der Waals surface area contributed by atoms with Crippen molar-refractivity contribution in [3.8, 4) is 16.9 Å². The summed E-state index contributed by atoms with van der Waals surface area (Å²) in [6, 6.07) is 44.3. The zero-order chi connectivity index (χ0) is 30.5. The smallest absolute Gasteiger partial charge is 0.535 e. The lowest BCUT2D eigenvalue weighted by Crippen LogP contribution is -1.99. The second-order valence-corrected chi connectivity index (χ2v) is 12.8. The largest absolute Gasteiger partial charge is 0.569 e. The van der Waals surface area contributed by atoms with Crippen molar-refractivity contribution in [2.75, 3.05) is 0 Å². The zero-order valence-corrected chi connectivity index (χ0v) is 28.4. The summed E-state index contributed by atoms with van der Waals surface area (Å²) in [7, 11) is 0.655. The van der Waals surface area contributed by atoms with E-state index >= 15 is 0 Å². The van der Waals surface area contributed by atoms with E-state index in [2.05, 4.69) is 103 Å². The summed E-state index contributed by atoms with van der Waals surface area (Å²) in [6.45, 7) is 0. The van der Waals surface area contributed by atoms with Gasteiger partial charge in [0.2, 0.25) is 0 Å². The second kappa shape index (κ2) is 14.0. The molecule has 0 fully saturated rings. The molecule has 0 spiro atoms. The molecule has 0 aliphatic heterocycles. The Balaban J connectivity index is 0.000000128. The maximum Gasteiger partial charge on any atom is 0.569 e. The highest BCUT2D eigenvalue weighted by molar-refractivity contribution is 14.1. The van der Waals surface area contributed by atoms with Gasteiger partial charge in [-0.05, 0) is 76.7 Å². The molecule has 2 heterocycles. The summed E-state index contributed by atoms with van der Waals surface area (Å²) in [5.41, 5.74) is 5.63. The van der Waals surface area contributed by atoms with Crippen molar-refractivity contribution in [2.45, 2.75) is 0 Å². The standard InChI is InChI=1S/C18H11BrO.C12H8BO3.C6H4BrI/c19-13-6-3-5-12(11-13)14-8-4-9-16-15-7-1-2-10-17(15)20-18(14)16;14-13-16-11-7-3-5-9-8-4-1-2-6-10(8)15-12(9)11;7-5-2-1-3-6(8)4-5/h1-11H;1-7,14H;1-4H. The van der Waals surface area contributed by atoms with Gasteiger partial charge in [-0.15, -0.1) is 0 Å². The Kier molecular flexibility index (Phi) is 9.71. The number of hydrogen-bond acceptors (Lipinski definition) is 4. The molecule has 44 heavy (non-hydrogen) atoms. The van der Waals surface area contributed by atoms with Crippen molar-refractivity contribution in [3.63, 3.8) is 0 Å². The molecule has 8 rings (SSSR count). The fourth-order valence-corrected chi connectivity index (χ4v) is 6.73. The van der Waals surface area contributed by atoms with Crippen LogP contribution in [0.15, 0.2) is 151 Å². The minimum atomic E-state index is 0.510. The van der Waals surface area contributed by atoms with Crippen molar-refractivity contribution in [3.05, 3.63) is 146 Å². The molecule has 2 aromatic heterocycles. The van der Waals surface area contributed by atoms with Gasteiger partial charge in [-0.25, -0.2) is 0 Å². The van der Waals surface area contributed by atoms with Crippen molar-refractivity contribution < 1.29 is 18.5 Å². The lowest BCUT2D eigenvalue weighted by molar-refractivity contribution is 0.451. The molecule has 0 aliphatic carbocycles. The Morgan fingerprint density at radius 1 is 0.568 bits per heavy atom. The summed E-state index contributed by atoms with van der Waals surface area (Å²) in [6.07, 6.45) is 0. The molecular weight excluding hydrogens is 794 g/mol. The highest BCUT2D eigenvalue weighted by Gasteiger charge is 2.12. The first-order valence-corrected chi connectivity index (χ1v) is 16.3. The molecule has 0 bridgehead atoms. The van der Waals surface area contributed by atoms with Gasteiger partial charge in [0.15, 0.2) is 5.58 Å². The lowest BCUT2D eigenvalue weighted by Gasteiger charge is -2.03. The van der Waals surface area contributed by atoms with Crippen LogP contribution in [0.1, 0.15) is 0 Å². The van der Waals surface area contributed by atoms with E-state index in [-0.39, 0.29) is 0 Å². The van der Waals surface area contributed by atoms with Crippen LogP contribution in [0.5, 0.6) is 5.75 Å². The van der Waals surface area contributed by atoms with Crippen molar-refractivity contribution in [2.24, 2.45) is 0 Å². The van der Waals surface area contributed by atoms with Crippen molar-refractivity contribution in [1.29, 1.82) is 0 Å². The Labute approximate surface area is 285 Å². The van der Waals surface area contributed by atoms with Gasteiger partial charge >= 0.3 is 7.69 Å². The van der Waals surface area contributed by atoms with E-state index in [4.69, 9.17) is 18.5 Å². The monoisotopic (exact) mass is 815 g/mol. The van der Waals surface area contributed by atoms with Crippen LogP contribution < -0.4 is 4.65 Å². The number of hydrogen-bond donors (Lipinski definition) is 1. The Morgan fingerprint density at radius 3 is 1.73 bits per heavy atom. The fourth-order valence-electron chi connectivity index (χ4n) is 4.96. The number of fused-ring (bicyclic) bond motifs is 6. The normalized spacial score (nSPS) is 10.7. The minimum Gasteiger partial charge on any atom is -0.535 e. The molecule has 0 amide bonds. The fraction of sp³-hybridized carbons (Fsp3) is 0. The Hall–Kier alpha value is -3.57. The maximum absolute atomic E-state index is 8.67.